The van der Waals surface area contributed by atoms with Crippen LogP contribution in [-0.2, 0) is 21.1 Å². The van der Waals surface area contributed by atoms with Crippen molar-refractivity contribution in [3.63, 3.8) is 0 Å². The van der Waals surface area contributed by atoms with Gasteiger partial charge in [-0.25, -0.2) is 9.78 Å². The van der Waals surface area contributed by atoms with E-state index in [1.165, 1.54) is 11.6 Å². The van der Waals surface area contributed by atoms with Crippen LogP contribution in [0.1, 0.15) is 11.1 Å². The van der Waals surface area contributed by atoms with Crippen molar-refractivity contribution in [2.24, 2.45) is 21.1 Å². The third kappa shape index (κ3) is 1.91. The first kappa shape index (κ1) is 14.3. The normalized spacial score (nSPS) is 11.3. The summed E-state index contributed by atoms with van der Waals surface area (Å²) in [6.07, 6.45) is 0. The van der Waals surface area contributed by atoms with E-state index in [-0.39, 0.29) is 11.2 Å². The minimum Gasteiger partial charge on any atom is -0.321 e. The Morgan fingerprint density at radius 1 is 0.864 bits per heavy atom. The topological polar surface area (TPSA) is 61.8 Å². The first-order chi connectivity index (χ1) is 10.3. The Morgan fingerprint density at radius 2 is 1.45 bits per heavy atom. The number of fused-ring (bicyclic) bond motifs is 1. The van der Waals surface area contributed by atoms with Crippen LogP contribution in [0.4, 0.5) is 0 Å². The largest absolute Gasteiger partial charge is 0.332 e. The maximum absolute atomic E-state index is 12.4. The van der Waals surface area contributed by atoms with Crippen LogP contribution in [0.15, 0.2) is 27.8 Å². The van der Waals surface area contributed by atoms with Crippen LogP contribution >= 0.6 is 0 Å². The number of hydrogen-bond donors (Lipinski definition) is 0. The van der Waals surface area contributed by atoms with Gasteiger partial charge in [-0.2, -0.15) is 0 Å². The van der Waals surface area contributed by atoms with Crippen LogP contribution in [0.2, 0.25) is 0 Å². The summed E-state index contributed by atoms with van der Waals surface area (Å²) >= 11 is 0. The Balaban J connectivity index is 2.46. The van der Waals surface area contributed by atoms with Gasteiger partial charge in [-0.15, -0.1) is 0 Å². The summed E-state index contributed by atoms with van der Waals surface area (Å²) in [6, 6.07) is 6.13. The van der Waals surface area contributed by atoms with E-state index in [9.17, 15) is 9.59 Å². The van der Waals surface area contributed by atoms with Gasteiger partial charge in [-0.3, -0.25) is 13.9 Å². The molecule has 6 heteroatoms. The van der Waals surface area contributed by atoms with Crippen molar-refractivity contribution < 1.29 is 0 Å². The molecule has 114 valence electrons. The molecule has 3 aromatic rings. The zero-order chi connectivity index (χ0) is 16.2. The van der Waals surface area contributed by atoms with Crippen molar-refractivity contribution in [3.8, 4) is 11.4 Å². The van der Waals surface area contributed by atoms with E-state index in [2.05, 4.69) is 11.1 Å². The van der Waals surface area contributed by atoms with Crippen molar-refractivity contribution in [2.75, 3.05) is 0 Å². The van der Waals surface area contributed by atoms with Gasteiger partial charge < -0.3 is 4.57 Å². The van der Waals surface area contributed by atoms with Crippen molar-refractivity contribution in [1.82, 2.24) is 18.7 Å². The third-order valence-electron chi connectivity index (χ3n) is 3.96. The van der Waals surface area contributed by atoms with Crippen molar-refractivity contribution in [3.05, 3.63) is 50.2 Å². The molecule has 0 atom stereocenters. The molecule has 0 aliphatic rings. The lowest BCUT2D eigenvalue weighted by Crippen LogP contribution is -2.37. The summed E-state index contributed by atoms with van der Waals surface area (Å²) in [7, 11) is 4.91. The molecule has 0 spiro atoms. The Kier molecular flexibility index (Phi) is 3.05. The molecule has 2 heterocycles. The third-order valence-corrected chi connectivity index (χ3v) is 3.96. The minimum absolute atomic E-state index is 0.330. The summed E-state index contributed by atoms with van der Waals surface area (Å²) < 4.78 is 4.27. The monoisotopic (exact) mass is 298 g/mol. The molecule has 0 N–H and O–H groups in total. The van der Waals surface area contributed by atoms with Gasteiger partial charge in [0.1, 0.15) is 5.82 Å². The molecule has 0 amide bonds. The number of aromatic nitrogens is 4. The highest BCUT2D eigenvalue weighted by molar-refractivity contribution is 5.77. The number of rotatable bonds is 1. The zero-order valence-electron chi connectivity index (χ0n) is 13.3. The van der Waals surface area contributed by atoms with Crippen LogP contribution in [0.5, 0.6) is 0 Å². The number of imidazole rings is 1. The van der Waals surface area contributed by atoms with Gasteiger partial charge in [0.15, 0.2) is 11.2 Å². The molecule has 2 aromatic heterocycles. The molecule has 3 rings (SSSR count). The summed E-state index contributed by atoms with van der Waals surface area (Å²) in [5.41, 5.74) is 3.33. The average Bonchev–Trinajstić information content (AvgIpc) is 2.79. The number of aryl methyl sites for hydroxylation is 4. The van der Waals surface area contributed by atoms with Crippen LogP contribution in [0.25, 0.3) is 22.6 Å². The maximum atomic E-state index is 12.4. The summed E-state index contributed by atoms with van der Waals surface area (Å²) in [6.45, 7) is 4.04. The smallest absolute Gasteiger partial charge is 0.321 e. The van der Waals surface area contributed by atoms with E-state index >= 15 is 0 Å². The quantitative estimate of drug-likeness (QED) is 0.679. The van der Waals surface area contributed by atoms with Crippen molar-refractivity contribution in [2.45, 2.75) is 13.8 Å². The van der Waals surface area contributed by atoms with E-state index in [1.54, 1.807) is 18.7 Å². The Hall–Kier alpha value is -2.63. The Bertz CT molecular complexity index is 1000. The lowest BCUT2D eigenvalue weighted by Gasteiger charge is -2.05. The highest BCUT2D eigenvalue weighted by Crippen LogP contribution is 2.23. The molecule has 22 heavy (non-hydrogen) atoms. The second-order valence-electron chi connectivity index (χ2n) is 5.75. The molecule has 6 nitrogen and oxygen atoms in total. The molecular formula is C16H18N4O2. The van der Waals surface area contributed by atoms with Crippen LogP contribution in [0, 0.1) is 13.8 Å². The molecule has 1 aromatic carbocycles. The molecule has 0 aliphatic heterocycles. The van der Waals surface area contributed by atoms with Gasteiger partial charge in [0.25, 0.3) is 5.56 Å². The predicted molar refractivity (Wildman–Crippen MR) is 86.1 cm³/mol. The van der Waals surface area contributed by atoms with Crippen LogP contribution in [-0.4, -0.2) is 18.7 Å². The van der Waals surface area contributed by atoms with E-state index in [0.717, 1.165) is 21.3 Å². The predicted octanol–water partition coefficient (Wildman–Crippen LogP) is 1.25. The van der Waals surface area contributed by atoms with Gasteiger partial charge >= 0.3 is 5.69 Å². The highest BCUT2D eigenvalue weighted by Gasteiger charge is 2.18. The molecule has 0 radical (unpaired) electrons. The van der Waals surface area contributed by atoms with Crippen LogP contribution < -0.4 is 11.2 Å². The number of nitrogens with zero attached hydrogens (tertiary/aromatic N) is 4. The second kappa shape index (κ2) is 4.69. The lowest BCUT2D eigenvalue weighted by atomic mass is 10.1. The van der Waals surface area contributed by atoms with E-state index < -0.39 is 0 Å². The minimum atomic E-state index is -0.373. The molecule has 0 fully saturated rings. The molecular weight excluding hydrogens is 280 g/mol. The fourth-order valence-electron chi connectivity index (χ4n) is 2.88. The molecule has 0 saturated heterocycles. The van der Waals surface area contributed by atoms with Crippen LogP contribution in [0.3, 0.4) is 0 Å². The molecule has 0 unspecified atom stereocenters. The fraction of sp³-hybridized carbons (Fsp3) is 0.312. The first-order valence-electron chi connectivity index (χ1n) is 7.02. The fourth-order valence-corrected chi connectivity index (χ4v) is 2.88. The van der Waals surface area contributed by atoms with Crippen molar-refractivity contribution in [1.29, 1.82) is 0 Å². The van der Waals surface area contributed by atoms with Gasteiger partial charge in [0, 0.05) is 26.7 Å². The van der Waals surface area contributed by atoms with Gasteiger partial charge in [0.2, 0.25) is 0 Å². The van der Waals surface area contributed by atoms with Gasteiger partial charge in [-0.1, -0.05) is 17.2 Å². The van der Waals surface area contributed by atoms with E-state index in [1.807, 2.05) is 26.0 Å². The Morgan fingerprint density at radius 3 is 2.05 bits per heavy atom. The van der Waals surface area contributed by atoms with Gasteiger partial charge in [0.05, 0.1) is 0 Å². The number of hydrogen-bond acceptors (Lipinski definition) is 3. The average molecular weight is 298 g/mol. The highest BCUT2D eigenvalue weighted by atomic mass is 16.2. The SMILES string of the molecule is Cc1cc(C)cc(-c2nc3c(c(=O)n(C)c(=O)n3C)n2C)c1. The maximum Gasteiger partial charge on any atom is 0.332 e. The molecule has 0 aliphatic carbocycles. The van der Waals surface area contributed by atoms with Gasteiger partial charge in [-0.05, 0) is 26.0 Å². The van der Waals surface area contributed by atoms with E-state index in [4.69, 9.17) is 0 Å². The summed E-state index contributed by atoms with van der Waals surface area (Å²) in [5.74, 6) is 0.681. The summed E-state index contributed by atoms with van der Waals surface area (Å²) in [5, 5.41) is 0. The summed E-state index contributed by atoms with van der Waals surface area (Å²) in [4.78, 5) is 29.0. The lowest BCUT2D eigenvalue weighted by molar-refractivity contribution is 0.705. The molecule has 0 saturated carbocycles. The Labute approximate surface area is 127 Å². The first-order valence-corrected chi connectivity index (χ1v) is 7.02. The molecule has 0 bridgehead atoms. The van der Waals surface area contributed by atoms with Crippen molar-refractivity contribution >= 4 is 11.2 Å². The second-order valence-corrected chi connectivity index (χ2v) is 5.75. The number of benzene rings is 1. The van der Waals surface area contributed by atoms with E-state index in [0.29, 0.717) is 17.0 Å². The standard InChI is InChI=1S/C16H18N4O2/c1-9-6-10(2)8-11(7-9)13-17-14-12(18(13)3)15(21)20(5)16(22)19(14)4/h6-8H,1-5H3. The zero-order valence-corrected chi connectivity index (χ0v) is 13.3.